The topological polar surface area (TPSA) is 65.1 Å². The van der Waals surface area contributed by atoms with Gasteiger partial charge in [0.15, 0.2) is 5.75 Å². The summed E-state index contributed by atoms with van der Waals surface area (Å²) in [5.41, 5.74) is 5.31. The number of methoxy groups -OCH3 is 1. The number of hydrazine groups is 1. The molecule has 0 saturated heterocycles. The number of ether oxygens (including phenoxy) is 1. The average molecular weight is 310 g/mol. The van der Waals surface area contributed by atoms with Crippen LogP contribution in [-0.2, 0) is 19.2 Å². The highest BCUT2D eigenvalue weighted by atomic mass is 32.2. The van der Waals surface area contributed by atoms with E-state index in [0.29, 0.717) is 0 Å². The summed E-state index contributed by atoms with van der Waals surface area (Å²) in [6.07, 6.45) is 2.88. The Bertz CT molecular complexity index is 584. The van der Waals surface area contributed by atoms with E-state index in [1.807, 2.05) is 34.8 Å². The second-order valence-corrected chi connectivity index (χ2v) is 6.99. The van der Waals surface area contributed by atoms with E-state index in [9.17, 15) is 0 Å². The Morgan fingerprint density at radius 1 is 1.55 bits per heavy atom. The Balaban J connectivity index is 2.01. The van der Waals surface area contributed by atoms with E-state index < -0.39 is 0 Å². The van der Waals surface area contributed by atoms with E-state index in [4.69, 9.17) is 10.6 Å². The first-order valence-electron chi connectivity index (χ1n) is 6.45. The van der Waals surface area contributed by atoms with E-state index in [1.165, 1.54) is 21.1 Å². The van der Waals surface area contributed by atoms with Gasteiger partial charge in [-0.2, -0.15) is 16.9 Å². The van der Waals surface area contributed by atoms with Gasteiger partial charge in [-0.3, -0.25) is 10.5 Å². The maximum absolute atomic E-state index is 5.80. The van der Waals surface area contributed by atoms with Gasteiger partial charge < -0.3 is 4.74 Å². The first-order valence-corrected chi connectivity index (χ1v) is 8.43. The Hall–Kier alpha value is -1.02. The SMILES string of the molecule is COc1cnn(C)c1C(NN)c1cc2c(s1)CCSC2. The van der Waals surface area contributed by atoms with Gasteiger partial charge in [-0.25, -0.2) is 5.43 Å². The Labute approximate surface area is 126 Å². The molecule has 5 nitrogen and oxygen atoms in total. The highest BCUT2D eigenvalue weighted by Crippen LogP contribution is 2.38. The van der Waals surface area contributed by atoms with Crippen molar-refractivity contribution in [3.63, 3.8) is 0 Å². The molecule has 20 heavy (non-hydrogen) atoms. The third kappa shape index (κ3) is 2.35. The zero-order chi connectivity index (χ0) is 14.1. The van der Waals surface area contributed by atoms with Crippen molar-refractivity contribution in [1.29, 1.82) is 0 Å². The molecule has 0 bridgehead atoms. The number of aromatic nitrogens is 2. The molecular formula is C13H18N4OS2. The Kier molecular flexibility index (Phi) is 4.02. The number of thiophene rings is 1. The molecule has 3 N–H and O–H groups in total. The minimum atomic E-state index is -0.0851. The molecule has 0 saturated carbocycles. The maximum atomic E-state index is 5.80. The average Bonchev–Trinajstić information content (AvgIpc) is 3.04. The van der Waals surface area contributed by atoms with Crippen molar-refractivity contribution in [3.05, 3.63) is 33.3 Å². The standard InChI is InChI=1S/C13H18N4OS2/c1-17-13(9(18-2)6-15-17)12(16-14)11-5-8-7-19-4-3-10(8)20-11/h5-6,12,16H,3-4,7,14H2,1-2H3. The van der Waals surface area contributed by atoms with Crippen molar-refractivity contribution >= 4 is 23.1 Å². The van der Waals surface area contributed by atoms with Crippen molar-refractivity contribution in [1.82, 2.24) is 15.2 Å². The molecule has 0 radical (unpaired) electrons. The number of rotatable bonds is 4. The summed E-state index contributed by atoms with van der Waals surface area (Å²) in [5.74, 6) is 8.88. The van der Waals surface area contributed by atoms with Crippen LogP contribution in [0, 0.1) is 0 Å². The molecule has 3 heterocycles. The van der Waals surface area contributed by atoms with Crippen LogP contribution < -0.4 is 16.0 Å². The lowest BCUT2D eigenvalue weighted by Crippen LogP contribution is -2.30. The normalized spacial score (nSPS) is 15.9. The Morgan fingerprint density at radius 2 is 2.40 bits per heavy atom. The van der Waals surface area contributed by atoms with Gasteiger partial charge in [0.2, 0.25) is 0 Å². The second kappa shape index (κ2) is 5.77. The van der Waals surface area contributed by atoms with E-state index in [-0.39, 0.29) is 6.04 Å². The van der Waals surface area contributed by atoms with Gasteiger partial charge in [0.25, 0.3) is 0 Å². The third-order valence-corrected chi connectivity index (χ3v) is 5.85. The molecule has 0 fully saturated rings. The molecular weight excluding hydrogens is 292 g/mol. The molecule has 2 aromatic rings. The quantitative estimate of drug-likeness (QED) is 0.666. The second-order valence-electron chi connectivity index (χ2n) is 4.72. The van der Waals surface area contributed by atoms with Gasteiger partial charge in [0.1, 0.15) is 11.7 Å². The molecule has 1 aliphatic heterocycles. The summed E-state index contributed by atoms with van der Waals surface area (Å²) in [5, 5.41) is 4.26. The first-order chi connectivity index (χ1) is 9.74. The van der Waals surface area contributed by atoms with Gasteiger partial charge in [-0.1, -0.05) is 0 Å². The van der Waals surface area contributed by atoms with E-state index in [2.05, 4.69) is 16.6 Å². The molecule has 0 spiro atoms. The van der Waals surface area contributed by atoms with E-state index in [0.717, 1.165) is 23.6 Å². The van der Waals surface area contributed by atoms with Crippen molar-refractivity contribution in [3.8, 4) is 5.75 Å². The summed E-state index contributed by atoms with van der Waals surface area (Å²) in [6, 6.07) is 2.18. The fourth-order valence-electron chi connectivity index (χ4n) is 2.52. The fraction of sp³-hybridized carbons (Fsp3) is 0.462. The molecule has 2 aromatic heterocycles. The van der Waals surface area contributed by atoms with Crippen LogP contribution in [0.5, 0.6) is 5.75 Å². The predicted octanol–water partition coefficient (Wildman–Crippen LogP) is 1.83. The maximum Gasteiger partial charge on any atom is 0.162 e. The zero-order valence-electron chi connectivity index (χ0n) is 11.5. The smallest absolute Gasteiger partial charge is 0.162 e. The fourth-order valence-corrected chi connectivity index (χ4v) is 4.96. The summed E-state index contributed by atoms with van der Waals surface area (Å²) >= 11 is 3.83. The highest BCUT2D eigenvalue weighted by Gasteiger charge is 2.25. The van der Waals surface area contributed by atoms with Crippen molar-refractivity contribution < 1.29 is 4.74 Å². The predicted molar refractivity (Wildman–Crippen MR) is 83.1 cm³/mol. The third-order valence-electron chi connectivity index (χ3n) is 3.54. The number of nitrogens with two attached hydrogens (primary N) is 1. The van der Waals surface area contributed by atoms with Crippen LogP contribution in [0.4, 0.5) is 0 Å². The minimum absolute atomic E-state index is 0.0851. The summed E-state index contributed by atoms with van der Waals surface area (Å²) in [4.78, 5) is 2.71. The number of nitrogens with zero attached hydrogens (tertiary/aromatic N) is 2. The van der Waals surface area contributed by atoms with Crippen LogP contribution in [0.1, 0.15) is 27.1 Å². The number of hydrogen-bond donors (Lipinski definition) is 2. The van der Waals surface area contributed by atoms with Crippen LogP contribution >= 0.6 is 23.1 Å². The number of aryl methyl sites for hydroxylation is 2. The van der Waals surface area contributed by atoms with Gasteiger partial charge >= 0.3 is 0 Å². The van der Waals surface area contributed by atoms with Gasteiger partial charge in [0, 0.05) is 22.6 Å². The molecule has 108 valence electrons. The van der Waals surface area contributed by atoms with Crippen LogP contribution in [0.2, 0.25) is 0 Å². The molecule has 7 heteroatoms. The van der Waals surface area contributed by atoms with Crippen molar-refractivity contribution in [2.45, 2.75) is 18.2 Å². The van der Waals surface area contributed by atoms with Crippen molar-refractivity contribution in [2.75, 3.05) is 12.9 Å². The van der Waals surface area contributed by atoms with E-state index in [1.54, 1.807) is 13.3 Å². The van der Waals surface area contributed by atoms with Gasteiger partial charge in [-0.15, -0.1) is 11.3 Å². The van der Waals surface area contributed by atoms with Crippen LogP contribution in [0.3, 0.4) is 0 Å². The summed E-state index contributed by atoms with van der Waals surface area (Å²) in [7, 11) is 3.57. The van der Waals surface area contributed by atoms with Crippen LogP contribution in [0.25, 0.3) is 0 Å². The minimum Gasteiger partial charge on any atom is -0.493 e. The van der Waals surface area contributed by atoms with Crippen LogP contribution in [-0.4, -0.2) is 22.6 Å². The zero-order valence-corrected chi connectivity index (χ0v) is 13.2. The number of fused-ring (bicyclic) bond motifs is 1. The highest BCUT2D eigenvalue weighted by molar-refractivity contribution is 7.98. The van der Waals surface area contributed by atoms with Gasteiger partial charge in [0.05, 0.1) is 13.3 Å². The summed E-state index contributed by atoms with van der Waals surface area (Å²) in [6.45, 7) is 0. The van der Waals surface area contributed by atoms with Gasteiger partial charge in [-0.05, 0) is 23.8 Å². The molecule has 1 atom stereocenters. The molecule has 3 rings (SSSR count). The number of thioether (sulfide) groups is 1. The van der Waals surface area contributed by atoms with Crippen molar-refractivity contribution in [2.24, 2.45) is 12.9 Å². The molecule has 0 aromatic carbocycles. The van der Waals surface area contributed by atoms with E-state index >= 15 is 0 Å². The molecule has 0 amide bonds. The lowest BCUT2D eigenvalue weighted by Gasteiger charge is -2.16. The number of hydrogen-bond acceptors (Lipinski definition) is 6. The lowest BCUT2D eigenvalue weighted by atomic mass is 10.1. The first kappa shape index (κ1) is 13.9. The lowest BCUT2D eigenvalue weighted by molar-refractivity contribution is 0.401. The number of nitrogens with one attached hydrogen (secondary N) is 1. The summed E-state index contributed by atoms with van der Waals surface area (Å²) < 4.78 is 7.21. The molecule has 1 aliphatic rings. The Morgan fingerprint density at radius 3 is 3.10 bits per heavy atom. The molecule has 1 unspecified atom stereocenters. The monoisotopic (exact) mass is 310 g/mol. The largest absolute Gasteiger partial charge is 0.493 e. The van der Waals surface area contributed by atoms with Crippen LogP contribution in [0.15, 0.2) is 12.3 Å². The molecule has 0 aliphatic carbocycles.